The van der Waals surface area contributed by atoms with Crippen molar-refractivity contribution in [1.29, 1.82) is 0 Å². The lowest BCUT2D eigenvalue weighted by atomic mass is 10.2. The van der Waals surface area contributed by atoms with Crippen LogP contribution in [-0.2, 0) is 14.3 Å². The SMILES string of the molecule is COC(=O)c1c(Cl)ccc(Oc2ccccc2OC(C)C(=O)OC)c1Cl. The molecule has 2 aromatic rings. The minimum atomic E-state index is -0.837. The molecule has 6 nitrogen and oxygen atoms in total. The number of carbonyl (C=O) groups is 2. The van der Waals surface area contributed by atoms with Crippen molar-refractivity contribution in [2.75, 3.05) is 14.2 Å². The first kappa shape index (κ1) is 19.9. The summed E-state index contributed by atoms with van der Waals surface area (Å²) in [6.45, 7) is 1.55. The summed E-state index contributed by atoms with van der Waals surface area (Å²) < 4.78 is 20.7. The van der Waals surface area contributed by atoms with Crippen molar-refractivity contribution in [3.05, 3.63) is 52.0 Å². The van der Waals surface area contributed by atoms with Gasteiger partial charge >= 0.3 is 11.9 Å². The molecule has 0 saturated carbocycles. The Morgan fingerprint density at radius 3 is 2.19 bits per heavy atom. The molecule has 26 heavy (non-hydrogen) atoms. The summed E-state index contributed by atoms with van der Waals surface area (Å²) in [4.78, 5) is 23.4. The maximum Gasteiger partial charge on any atom is 0.346 e. The maximum absolute atomic E-state index is 11.9. The van der Waals surface area contributed by atoms with E-state index in [9.17, 15) is 9.59 Å². The van der Waals surface area contributed by atoms with Crippen molar-refractivity contribution in [3.8, 4) is 17.2 Å². The van der Waals surface area contributed by atoms with E-state index in [0.717, 1.165) is 0 Å². The molecule has 0 amide bonds. The molecular formula is C18H16Cl2O6. The zero-order valence-corrected chi connectivity index (χ0v) is 15.8. The minimum absolute atomic E-state index is 0.000157. The molecule has 0 aromatic heterocycles. The molecule has 0 aliphatic carbocycles. The standard InChI is InChI=1S/C18H16Cl2O6/c1-10(17(21)23-2)25-12-6-4-5-7-13(12)26-14-9-8-11(19)15(16(14)20)18(22)24-3/h4-10H,1-3H3. The molecule has 1 unspecified atom stereocenters. The zero-order valence-electron chi connectivity index (χ0n) is 14.2. The second-order valence-electron chi connectivity index (χ2n) is 5.06. The van der Waals surface area contributed by atoms with Gasteiger partial charge in [0.15, 0.2) is 17.6 Å². The predicted molar refractivity (Wildman–Crippen MR) is 96.4 cm³/mol. The molecule has 0 radical (unpaired) electrons. The Morgan fingerprint density at radius 1 is 0.923 bits per heavy atom. The van der Waals surface area contributed by atoms with Gasteiger partial charge in [0.05, 0.1) is 24.3 Å². The lowest BCUT2D eigenvalue weighted by molar-refractivity contribution is -0.147. The number of rotatable bonds is 6. The van der Waals surface area contributed by atoms with Crippen LogP contribution in [0.5, 0.6) is 17.2 Å². The summed E-state index contributed by atoms with van der Waals surface area (Å²) in [5, 5.41) is 0.137. The van der Waals surface area contributed by atoms with Crippen LogP contribution in [0.4, 0.5) is 0 Å². The smallest absolute Gasteiger partial charge is 0.346 e. The molecule has 0 N–H and O–H groups in total. The fraction of sp³-hybridized carbons (Fsp3) is 0.222. The first-order valence-electron chi connectivity index (χ1n) is 7.46. The van der Waals surface area contributed by atoms with Gasteiger partial charge in [-0.1, -0.05) is 35.3 Å². The van der Waals surface area contributed by atoms with Gasteiger partial charge in [-0.25, -0.2) is 9.59 Å². The van der Waals surface area contributed by atoms with E-state index in [2.05, 4.69) is 9.47 Å². The van der Waals surface area contributed by atoms with Crippen molar-refractivity contribution in [2.24, 2.45) is 0 Å². The number of benzene rings is 2. The van der Waals surface area contributed by atoms with E-state index in [1.165, 1.54) is 26.4 Å². The van der Waals surface area contributed by atoms with Crippen LogP contribution in [0.15, 0.2) is 36.4 Å². The van der Waals surface area contributed by atoms with Gasteiger partial charge in [-0.05, 0) is 31.2 Å². The molecule has 0 spiro atoms. The van der Waals surface area contributed by atoms with Gasteiger partial charge in [-0.3, -0.25) is 0 Å². The van der Waals surface area contributed by atoms with Gasteiger partial charge in [0.1, 0.15) is 11.3 Å². The van der Waals surface area contributed by atoms with E-state index < -0.39 is 18.0 Å². The second-order valence-corrected chi connectivity index (χ2v) is 5.84. The third-order valence-electron chi connectivity index (χ3n) is 3.35. The van der Waals surface area contributed by atoms with E-state index in [1.54, 1.807) is 31.2 Å². The van der Waals surface area contributed by atoms with Gasteiger partial charge in [0.25, 0.3) is 0 Å². The van der Waals surface area contributed by atoms with Crippen LogP contribution >= 0.6 is 23.2 Å². The van der Waals surface area contributed by atoms with Crippen molar-refractivity contribution in [2.45, 2.75) is 13.0 Å². The molecule has 0 bridgehead atoms. The highest BCUT2D eigenvalue weighted by atomic mass is 35.5. The number of hydrogen-bond donors (Lipinski definition) is 0. The Kier molecular flexibility index (Phi) is 6.71. The minimum Gasteiger partial charge on any atom is -0.475 e. The summed E-state index contributed by atoms with van der Waals surface area (Å²) in [7, 11) is 2.49. The number of carbonyl (C=O) groups excluding carboxylic acids is 2. The number of esters is 2. The molecule has 2 rings (SSSR count). The van der Waals surface area contributed by atoms with Gasteiger partial charge in [-0.2, -0.15) is 0 Å². The number of methoxy groups -OCH3 is 2. The normalized spacial score (nSPS) is 11.4. The first-order valence-corrected chi connectivity index (χ1v) is 8.22. The zero-order chi connectivity index (χ0) is 19.3. The van der Waals surface area contributed by atoms with Crippen molar-refractivity contribution < 1.29 is 28.5 Å². The van der Waals surface area contributed by atoms with E-state index in [-0.39, 0.29) is 21.4 Å². The van der Waals surface area contributed by atoms with Crippen LogP contribution < -0.4 is 9.47 Å². The fourth-order valence-corrected chi connectivity index (χ4v) is 2.62. The topological polar surface area (TPSA) is 71.1 Å². The van der Waals surface area contributed by atoms with Crippen LogP contribution in [0.1, 0.15) is 17.3 Å². The number of hydrogen-bond acceptors (Lipinski definition) is 6. The van der Waals surface area contributed by atoms with Gasteiger partial charge in [-0.15, -0.1) is 0 Å². The van der Waals surface area contributed by atoms with Crippen molar-refractivity contribution >= 4 is 35.1 Å². The molecule has 0 fully saturated rings. The molecule has 0 aliphatic rings. The van der Waals surface area contributed by atoms with E-state index >= 15 is 0 Å². The molecule has 1 atom stereocenters. The van der Waals surface area contributed by atoms with Crippen LogP contribution in [0.25, 0.3) is 0 Å². The average Bonchev–Trinajstić information content (AvgIpc) is 2.64. The number of halogens is 2. The molecule has 138 valence electrons. The van der Waals surface area contributed by atoms with Crippen LogP contribution in [0, 0.1) is 0 Å². The van der Waals surface area contributed by atoms with Gasteiger partial charge in [0.2, 0.25) is 0 Å². The highest BCUT2D eigenvalue weighted by molar-refractivity contribution is 6.40. The third-order valence-corrected chi connectivity index (χ3v) is 4.04. The molecule has 2 aromatic carbocycles. The van der Waals surface area contributed by atoms with Gasteiger partial charge in [0, 0.05) is 0 Å². The Labute approximate surface area is 160 Å². The molecular weight excluding hydrogens is 383 g/mol. The Bertz CT molecular complexity index is 821. The summed E-state index contributed by atoms with van der Waals surface area (Å²) in [5.41, 5.74) is -0.00494. The Balaban J connectivity index is 2.35. The maximum atomic E-state index is 11.9. The lowest BCUT2D eigenvalue weighted by Gasteiger charge is -2.17. The lowest BCUT2D eigenvalue weighted by Crippen LogP contribution is -2.25. The van der Waals surface area contributed by atoms with E-state index in [1.807, 2.05) is 0 Å². The largest absolute Gasteiger partial charge is 0.475 e. The van der Waals surface area contributed by atoms with Crippen molar-refractivity contribution in [1.82, 2.24) is 0 Å². The van der Waals surface area contributed by atoms with Crippen molar-refractivity contribution in [3.63, 3.8) is 0 Å². The second kappa shape index (κ2) is 8.78. The molecule has 8 heteroatoms. The van der Waals surface area contributed by atoms with Crippen LogP contribution in [-0.4, -0.2) is 32.3 Å². The first-order chi connectivity index (χ1) is 12.4. The quantitative estimate of drug-likeness (QED) is 0.666. The average molecular weight is 399 g/mol. The fourth-order valence-electron chi connectivity index (χ4n) is 2.06. The Hall–Kier alpha value is -2.44. The molecule has 0 aliphatic heterocycles. The predicted octanol–water partition coefficient (Wildman–Crippen LogP) is 4.51. The third kappa shape index (κ3) is 4.39. The number of ether oxygens (including phenoxy) is 4. The summed E-state index contributed by atoms with van der Waals surface area (Å²) >= 11 is 12.3. The summed E-state index contributed by atoms with van der Waals surface area (Å²) in [6, 6.07) is 9.67. The Morgan fingerprint density at radius 2 is 1.58 bits per heavy atom. The van der Waals surface area contributed by atoms with Crippen LogP contribution in [0.2, 0.25) is 10.0 Å². The molecule has 0 saturated heterocycles. The summed E-state index contributed by atoms with van der Waals surface area (Å²) in [6.07, 6.45) is -0.837. The van der Waals surface area contributed by atoms with Crippen LogP contribution in [0.3, 0.4) is 0 Å². The number of para-hydroxylation sites is 2. The highest BCUT2D eigenvalue weighted by Crippen LogP contribution is 2.39. The highest BCUT2D eigenvalue weighted by Gasteiger charge is 2.21. The van der Waals surface area contributed by atoms with Gasteiger partial charge < -0.3 is 18.9 Å². The molecule has 0 heterocycles. The van der Waals surface area contributed by atoms with E-state index in [0.29, 0.717) is 11.5 Å². The van der Waals surface area contributed by atoms with E-state index in [4.69, 9.17) is 32.7 Å². The monoisotopic (exact) mass is 398 g/mol. The summed E-state index contributed by atoms with van der Waals surface area (Å²) in [5.74, 6) is -0.441.